The van der Waals surface area contributed by atoms with Gasteiger partial charge in [0.15, 0.2) is 17.5 Å². The Morgan fingerprint density at radius 3 is 1.63 bits per heavy atom. The highest BCUT2D eigenvalue weighted by Crippen LogP contribution is 2.46. The minimum Gasteiger partial charge on any atom is -0.308 e. The molecule has 4 nitrogen and oxygen atoms in total. The SMILES string of the molecule is c1ccc(-c2nc(-c3ccccc3)nc(-c3cccc4c3sc3c(-c5ccc6c(c5)c5ccc7c8ccccc8sc7c5n6-c5ccccc5)cccc34)n2)cc1. The van der Waals surface area contributed by atoms with Crippen LogP contribution in [0.15, 0.2) is 182 Å². The van der Waals surface area contributed by atoms with E-state index in [4.69, 9.17) is 15.0 Å². The molecule has 0 unspecified atom stereocenters. The Kier molecular flexibility index (Phi) is 7.24. The first kappa shape index (κ1) is 32.3. The third kappa shape index (κ3) is 5.08. The van der Waals surface area contributed by atoms with Crippen LogP contribution in [0.3, 0.4) is 0 Å². The Morgan fingerprint density at radius 1 is 0.351 bits per heavy atom. The molecule has 0 atom stereocenters. The molecule has 0 aliphatic heterocycles. The van der Waals surface area contributed by atoms with E-state index in [1.807, 2.05) is 59.1 Å². The summed E-state index contributed by atoms with van der Waals surface area (Å²) in [6, 6.07) is 64.8. The van der Waals surface area contributed by atoms with Crippen molar-refractivity contribution in [3.05, 3.63) is 182 Å². The molecule has 4 heterocycles. The van der Waals surface area contributed by atoms with Crippen molar-refractivity contribution in [2.24, 2.45) is 0 Å². The normalized spacial score (nSPS) is 11.9. The van der Waals surface area contributed by atoms with E-state index in [2.05, 4.69) is 150 Å². The maximum atomic E-state index is 5.11. The van der Waals surface area contributed by atoms with Crippen LogP contribution in [0.4, 0.5) is 0 Å². The first-order valence-corrected chi connectivity index (χ1v) is 20.7. The van der Waals surface area contributed by atoms with Gasteiger partial charge in [-0.2, -0.15) is 0 Å². The highest BCUT2D eigenvalue weighted by Gasteiger charge is 2.21. The van der Waals surface area contributed by atoms with Gasteiger partial charge in [0.25, 0.3) is 0 Å². The molecule has 8 aromatic carbocycles. The van der Waals surface area contributed by atoms with Crippen molar-refractivity contribution in [1.82, 2.24) is 19.5 Å². The van der Waals surface area contributed by atoms with Gasteiger partial charge in [-0.05, 0) is 47.5 Å². The molecule has 0 bridgehead atoms. The molecule has 12 rings (SSSR count). The second-order valence-corrected chi connectivity index (χ2v) is 16.4. The topological polar surface area (TPSA) is 43.6 Å². The predicted octanol–water partition coefficient (Wildman–Crippen LogP) is 14.4. The molecule has 0 aliphatic rings. The van der Waals surface area contributed by atoms with E-state index in [1.54, 1.807) is 0 Å². The lowest BCUT2D eigenvalue weighted by Gasteiger charge is -2.09. The van der Waals surface area contributed by atoms with Crippen LogP contribution in [-0.4, -0.2) is 19.5 Å². The van der Waals surface area contributed by atoms with Gasteiger partial charge >= 0.3 is 0 Å². The number of nitrogens with zero attached hydrogens (tertiary/aromatic N) is 4. The van der Waals surface area contributed by atoms with E-state index in [0.717, 1.165) is 21.4 Å². The zero-order valence-corrected chi connectivity index (χ0v) is 32.1. The summed E-state index contributed by atoms with van der Waals surface area (Å²) < 4.78 is 7.50. The summed E-state index contributed by atoms with van der Waals surface area (Å²) in [5.74, 6) is 1.99. The second-order valence-electron chi connectivity index (χ2n) is 14.3. The number of para-hydroxylation sites is 1. The highest BCUT2D eigenvalue weighted by atomic mass is 32.1. The number of thiophene rings is 2. The number of fused-ring (bicyclic) bond motifs is 10. The quantitative estimate of drug-likeness (QED) is 0.175. The van der Waals surface area contributed by atoms with Crippen molar-refractivity contribution in [3.8, 4) is 51.0 Å². The molecule has 266 valence electrons. The summed E-state index contributed by atoms with van der Waals surface area (Å²) in [5.41, 5.74) is 8.97. The van der Waals surface area contributed by atoms with Gasteiger partial charge < -0.3 is 4.57 Å². The fraction of sp³-hybridized carbons (Fsp3) is 0. The molecule has 4 aromatic heterocycles. The van der Waals surface area contributed by atoms with Gasteiger partial charge in [-0.1, -0.05) is 146 Å². The van der Waals surface area contributed by atoms with Crippen molar-refractivity contribution in [3.63, 3.8) is 0 Å². The second kappa shape index (κ2) is 12.8. The van der Waals surface area contributed by atoms with E-state index in [1.165, 1.54) is 74.3 Å². The Labute approximate surface area is 335 Å². The lowest BCUT2D eigenvalue weighted by Crippen LogP contribution is -2.00. The highest BCUT2D eigenvalue weighted by molar-refractivity contribution is 7.27. The van der Waals surface area contributed by atoms with E-state index in [0.29, 0.717) is 17.5 Å². The molecule has 0 aliphatic carbocycles. The molecular weight excluding hydrogens is 733 g/mol. The summed E-state index contributed by atoms with van der Waals surface area (Å²) in [6.07, 6.45) is 0. The van der Waals surface area contributed by atoms with Crippen molar-refractivity contribution >= 4 is 84.8 Å². The maximum absolute atomic E-state index is 5.11. The van der Waals surface area contributed by atoms with Crippen molar-refractivity contribution in [2.45, 2.75) is 0 Å². The van der Waals surface area contributed by atoms with Crippen molar-refractivity contribution in [2.75, 3.05) is 0 Å². The first-order chi connectivity index (χ1) is 28.3. The summed E-state index contributed by atoms with van der Waals surface area (Å²) in [7, 11) is 0. The van der Waals surface area contributed by atoms with Crippen molar-refractivity contribution < 1.29 is 0 Å². The molecule has 0 saturated carbocycles. The van der Waals surface area contributed by atoms with Crippen LogP contribution < -0.4 is 0 Å². The van der Waals surface area contributed by atoms with Crippen LogP contribution in [-0.2, 0) is 0 Å². The standard InChI is InChI=1S/C51H30N4S2/c1-4-14-31(15-5-1)49-52-50(32-16-6-2-7-17-32)54-51(53-49)41-24-13-23-39-38-22-12-21-35(46(38)57-47(39)41)33-26-29-43-42(30-33)37-27-28-40-36-20-10-11-25-44(36)56-48(40)45(37)55(43)34-18-8-3-9-19-34/h1-30H. The van der Waals surface area contributed by atoms with Crippen LogP contribution in [0.2, 0.25) is 0 Å². The summed E-state index contributed by atoms with van der Waals surface area (Å²) in [4.78, 5) is 15.2. The summed E-state index contributed by atoms with van der Waals surface area (Å²) in [6.45, 7) is 0. The number of aromatic nitrogens is 4. The first-order valence-electron chi connectivity index (χ1n) is 19.0. The average molecular weight is 763 g/mol. The zero-order valence-electron chi connectivity index (χ0n) is 30.4. The lowest BCUT2D eigenvalue weighted by molar-refractivity contribution is 1.08. The van der Waals surface area contributed by atoms with Crippen LogP contribution >= 0.6 is 22.7 Å². The largest absolute Gasteiger partial charge is 0.308 e. The molecule has 12 aromatic rings. The zero-order chi connectivity index (χ0) is 37.5. The maximum Gasteiger partial charge on any atom is 0.165 e. The molecular formula is C51H30N4S2. The van der Waals surface area contributed by atoms with E-state index in [-0.39, 0.29) is 0 Å². The number of benzene rings is 8. The monoisotopic (exact) mass is 762 g/mol. The fourth-order valence-corrected chi connectivity index (χ4v) is 11.0. The molecule has 0 saturated heterocycles. The average Bonchev–Trinajstić information content (AvgIpc) is 3.97. The predicted molar refractivity (Wildman–Crippen MR) is 242 cm³/mol. The van der Waals surface area contributed by atoms with Crippen LogP contribution in [0.25, 0.3) is 113 Å². The molecule has 0 spiro atoms. The van der Waals surface area contributed by atoms with Gasteiger partial charge in [-0.15, -0.1) is 22.7 Å². The number of hydrogen-bond acceptors (Lipinski definition) is 5. The van der Waals surface area contributed by atoms with Gasteiger partial charge in [-0.25, -0.2) is 15.0 Å². The Bertz CT molecular complexity index is 3450. The number of hydrogen-bond donors (Lipinski definition) is 0. The Balaban J connectivity index is 1.07. The third-order valence-corrected chi connectivity index (χ3v) is 13.5. The molecule has 0 fully saturated rings. The summed E-state index contributed by atoms with van der Waals surface area (Å²) >= 11 is 3.70. The Hall–Kier alpha value is -6.99. The number of rotatable bonds is 5. The van der Waals surface area contributed by atoms with E-state index < -0.39 is 0 Å². The lowest BCUT2D eigenvalue weighted by atomic mass is 10.00. The fourth-order valence-electron chi connectivity index (χ4n) is 8.45. The van der Waals surface area contributed by atoms with Gasteiger partial charge in [0, 0.05) is 68.8 Å². The van der Waals surface area contributed by atoms with E-state index in [9.17, 15) is 0 Å². The van der Waals surface area contributed by atoms with Gasteiger partial charge in [0.05, 0.1) is 15.7 Å². The third-order valence-electron chi connectivity index (χ3n) is 11.1. The molecule has 0 N–H and O–H groups in total. The Morgan fingerprint density at radius 2 is 0.912 bits per heavy atom. The van der Waals surface area contributed by atoms with Crippen LogP contribution in [0.1, 0.15) is 0 Å². The minimum absolute atomic E-state index is 0.661. The van der Waals surface area contributed by atoms with Gasteiger partial charge in [-0.3, -0.25) is 0 Å². The summed E-state index contributed by atoms with van der Waals surface area (Å²) in [5, 5.41) is 7.56. The van der Waals surface area contributed by atoms with Gasteiger partial charge in [0.1, 0.15) is 0 Å². The van der Waals surface area contributed by atoms with Crippen molar-refractivity contribution in [1.29, 1.82) is 0 Å². The molecule has 6 heteroatoms. The van der Waals surface area contributed by atoms with E-state index >= 15 is 0 Å². The van der Waals surface area contributed by atoms with Crippen LogP contribution in [0.5, 0.6) is 0 Å². The van der Waals surface area contributed by atoms with Crippen LogP contribution in [0, 0.1) is 0 Å². The molecule has 57 heavy (non-hydrogen) atoms. The minimum atomic E-state index is 0.661. The molecule has 0 radical (unpaired) electrons. The smallest absolute Gasteiger partial charge is 0.165 e. The molecule has 0 amide bonds. The van der Waals surface area contributed by atoms with Gasteiger partial charge in [0.2, 0.25) is 0 Å².